The smallest absolute Gasteiger partial charge is 0.147 e. The van der Waals surface area contributed by atoms with E-state index >= 15 is 0 Å². The lowest BCUT2D eigenvalue weighted by atomic mass is 10.2. The van der Waals surface area contributed by atoms with Gasteiger partial charge in [-0.15, -0.1) is 0 Å². The maximum absolute atomic E-state index is 13.6. The minimum Gasteiger partial charge on any atom is -0.395 e. The predicted molar refractivity (Wildman–Crippen MR) is 68.6 cm³/mol. The van der Waals surface area contributed by atoms with Crippen molar-refractivity contribution >= 4 is 17.4 Å². The predicted octanol–water partition coefficient (Wildman–Crippen LogP) is 2.22. The number of anilines is 1. The maximum atomic E-state index is 13.6. The second kappa shape index (κ2) is 6.48. The number of hydrogen-bond acceptors (Lipinski definition) is 4. The molecule has 5 heteroatoms. The van der Waals surface area contributed by atoms with Crippen LogP contribution in [0.2, 0.25) is 0 Å². The van der Waals surface area contributed by atoms with Crippen molar-refractivity contribution in [3.63, 3.8) is 0 Å². The molecule has 2 unspecified atom stereocenters. The highest BCUT2D eigenvalue weighted by Crippen LogP contribution is 2.20. The van der Waals surface area contributed by atoms with Crippen molar-refractivity contribution < 1.29 is 9.50 Å². The molecule has 0 amide bonds. The van der Waals surface area contributed by atoms with Gasteiger partial charge in [0.25, 0.3) is 0 Å². The first kappa shape index (κ1) is 13.8. The SMILES string of the molecule is CSC(CO)C(C)Nc1ccc(C#N)cc1F. The molecule has 1 rings (SSSR count). The molecule has 0 fully saturated rings. The minimum atomic E-state index is -0.450. The second-order valence-corrected chi connectivity index (χ2v) is 4.77. The zero-order valence-corrected chi connectivity index (χ0v) is 10.6. The summed E-state index contributed by atoms with van der Waals surface area (Å²) < 4.78 is 13.6. The van der Waals surface area contributed by atoms with E-state index in [9.17, 15) is 4.39 Å². The van der Waals surface area contributed by atoms with Crippen LogP contribution in [0.4, 0.5) is 10.1 Å². The van der Waals surface area contributed by atoms with Crippen LogP contribution in [0.3, 0.4) is 0 Å². The summed E-state index contributed by atoms with van der Waals surface area (Å²) in [5.41, 5.74) is 0.647. The lowest BCUT2D eigenvalue weighted by molar-refractivity contribution is 0.288. The number of nitrogens with one attached hydrogen (secondary N) is 1. The number of rotatable bonds is 5. The Bertz CT molecular complexity index is 415. The van der Waals surface area contributed by atoms with Gasteiger partial charge in [-0.1, -0.05) is 0 Å². The van der Waals surface area contributed by atoms with Crippen LogP contribution < -0.4 is 5.32 Å². The van der Waals surface area contributed by atoms with E-state index < -0.39 is 5.82 Å². The second-order valence-electron chi connectivity index (χ2n) is 3.70. The average Bonchev–Trinajstić information content (AvgIpc) is 2.33. The van der Waals surface area contributed by atoms with Gasteiger partial charge in [-0.2, -0.15) is 17.0 Å². The first-order valence-electron chi connectivity index (χ1n) is 5.22. The van der Waals surface area contributed by atoms with E-state index in [1.54, 1.807) is 12.1 Å². The van der Waals surface area contributed by atoms with E-state index in [1.807, 2.05) is 19.2 Å². The van der Waals surface area contributed by atoms with Crippen LogP contribution >= 0.6 is 11.8 Å². The summed E-state index contributed by atoms with van der Waals surface area (Å²) >= 11 is 1.52. The molecule has 0 aliphatic carbocycles. The van der Waals surface area contributed by atoms with Crippen LogP contribution in [-0.4, -0.2) is 29.3 Å². The largest absolute Gasteiger partial charge is 0.395 e. The summed E-state index contributed by atoms with van der Waals surface area (Å²) in [6.45, 7) is 1.92. The third kappa shape index (κ3) is 3.62. The monoisotopic (exact) mass is 254 g/mol. The fraction of sp³-hybridized carbons (Fsp3) is 0.417. The average molecular weight is 254 g/mol. The fourth-order valence-corrected chi connectivity index (χ4v) is 2.10. The van der Waals surface area contributed by atoms with Crippen molar-refractivity contribution in [2.75, 3.05) is 18.2 Å². The topological polar surface area (TPSA) is 56.0 Å². The number of nitriles is 1. The molecule has 0 heterocycles. The van der Waals surface area contributed by atoms with Gasteiger partial charge in [0, 0.05) is 11.3 Å². The first-order chi connectivity index (χ1) is 8.12. The molecule has 0 aliphatic rings. The molecule has 0 saturated heterocycles. The Kier molecular flexibility index (Phi) is 5.26. The standard InChI is InChI=1S/C12H15FN2OS/c1-8(12(7-16)17-2)15-11-4-3-9(6-14)5-10(11)13/h3-5,8,12,15-16H,7H2,1-2H3. The molecule has 2 N–H and O–H groups in total. The highest BCUT2D eigenvalue weighted by Gasteiger charge is 2.16. The molecule has 0 aromatic heterocycles. The summed E-state index contributed by atoms with van der Waals surface area (Å²) in [4.78, 5) is 0. The van der Waals surface area contributed by atoms with Crippen molar-refractivity contribution in [2.45, 2.75) is 18.2 Å². The van der Waals surface area contributed by atoms with Crippen LogP contribution in [-0.2, 0) is 0 Å². The van der Waals surface area contributed by atoms with Crippen LogP contribution in [0.25, 0.3) is 0 Å². The molecule has 0 aliphatic heterocycles. The quantitative estimate of drug-likeness (QED) is 0.846. The fourth-order valence-electron chi connectivity index (χ4n) is 1.48. The van der Waals surface area contributed by atoms with Gasteiger partial charge in [-0.3, -0.25) is 0 Å². The van der Waals surface area contributed by atoms with Crippen LogP contribution in [0.5, 0.6) is 0 Å². The molecule has 1 aromatic rings. The normalized spacial score (nSPS) is 13.8. The number of aliphatic hydroxyl groups is 1. The number of hydrogen-bond donors (Lipinski definition) is 2. The Hall–Kier alpha value is -1.25. The maximum Gasteiger partial charge on any atom is 0.147 e. The molecular weight excluding hydrogens is 239 g/mol. The summed E-state index contributed by atoms with van der Waals surface area (Å²) in [5.74, 6) is -0.450. The molecule has 0 saturated carbocycles. The molecule has 0 spiro atoms. The van der Waals surface area contributed by atoms with Gasteiger partial charge in [0.15, 0.2) is 0 Å². The van der Waals surface area contributed by atoms with Crippen molar-refractivity contribution in [1.29, 1.82) is 5.26 Å². The zero-order chi connectivity index (χ0) is 12.8. The number of nitrogens with zero attached hydrogens (tertiary/aromatic N) is 1. The molecule has 0 radical (unpaired) electrons. The van der Waals surface area contributed by atoms with Gasteiger partial charge < -0.3 is 10.4 Å². The highest BCUT2D eigenvalue weighted by molar-refractivity contribution is 7.99. The van der Waals surface area contributed by atoms with Crippen LogP contribution in [0, 0.1) is 17.1 Å². The third-order valence-electron chi connectivity index (χ3n) is 2.52. The van der Waals surface area contributed by atoms with Gasteiger partial charge in [-0.05, 0) is 31.4 Å². The van der Waals surface area contributed by atoms with Crippen molar-refractivity contribution in [3.05, 3.63) is 29.6 Å². The van der Waals surface area contributed by atoms with Gasteiger partial charge in [0.05, 0.1) is 23.9 Å². The Morgan fingerprint density at radius 1 is 1.59 bits per heavy atom. The highest BCUT2D eigenvalue weighted by atomic mass is 32.2. The molecular formula is C12H15FN2OS. The third-order valence-corrected chi connectivity index (χ3v) is 3.68. The van der Waals surface area contributed by atoms with Crippen molar-refractivity contribution in [2.24, 2.45) is 0 Å². The summed E-state index contributed by atoms with van der Waals surface area (Å²) in [7, 11) is 0. The van der Waals surface area contributed by atoms with E-state index in [4.69, 9.17) is 10.4 Å². The summed E-state index contributed by atoms with van der Waals surface area (Å²) in [6.07, 6.45) is 1.90. The Balaban J connectivity index is 2.78. The van der Waals surface area contributed by atoms with Gasteiger partial charge in [-0.25, -0.2) is 4.39 Å². The van der Waals surface area contributed by atoms with E-state index in [1.165, 1.54) is 17.8 Å². The molecule has 2 atom stereocenters. The molecule has 92 valence electrons. The minimum absolute atomic E-state index is 0.00467. The number of aliphatic hydroxyl groups excluding tert-OH is 1. The Morgan fingerprint density at radius 2 is 2.29 bits per heavy atom. The van der Waals surface area contributed by atoms with Gasteiger partial charge in [0.1, 0.15) is 5.82 Å². The van der Waals surface area contributed by atoms with Crippen LogP contribution in [0.1, 0.15) is 12.5 Å². The summed E-state index contributed by atoms with van der Waals surface area (Å²) in [6, 6.07) is 6.12. The van der Waals surface area contributed by atoms with E-state index in [-0.39, 0.29) is 17.9 Å². The van der Waals surface area contributed by atoms with E-state index in [0.29, 0.717) is 11.3 Å². The Labute approximate surface area is 105 Å². The van der Waals surface area contributed by atoms with E-state index in [0.717, 1.165) is 0 Å². The number of thioether (sulfide) groups is 1. The Morgan fingerprint density at radius 3 is 2.76 bits per heavy atom. The number of halogens is 1. The molecule has 17 heavy (non-hydrogen) atoms. The summed E-state index contributed by atoms with van der Waals surface area (Å²) in [5, 5.41) is 20.8. The van der Waals surface area contributed by atoms with E-state index in [2.05, 4.69) is 5.32 Å². The molecule has 1 aromatic carbocycles. The van der Waals surface area contributed by atoms with Crippen LogP contribution in [0.15, 0.2) is 18.2 Å². The van der Waals surface area contributed by atoms with Crippen molar-refractivity contribution in [1.82, 2.24) is 0 Å². The molecule has 0 bridgehead atoms. The van der Waals surface area contributed by atoms with Gasteiger partial charge in [0.2, 0.25) is 0 Å². The lowest BCUT2D eigenvalue weighted by Crippen LogP contribution is -2.31. The van der Waals surface area contributed by atoms with Crippen molar-refractivity contribution in [3.8, 4) is 6.07 Å². The first-order valence-corrected chi connectivity index (χ1v) is 6.51. The number of benzene rings is 1. The zero-order valence-electron chi connectivity index (χ0n) is 9.77. The molecule has 3 nitrogen and oxygen atoms in total. The lowest BCUT2D eigenvalue weighted by Gasteiger charge is -2.22. The van der Waals surface area contributed by atoms with Gasteiger partial charge >= 0.3 is 0 Å².